The third-order valence-electron chi connectivity index (χ3n) is 4.02. The first-order valence-electron chi connectivity index (χ1n) is 8.29. The molecule has 0 spiro atoms. The summed E-state index contributed by atoms with van der Waals surface area (Å²) in [6.07, 6.45) is 3.05. The molecule has 1 amide bonds. The summed E-state index contributed by atoms with van der Waals surface area (Å²) in [6.45, 7) is 0.133. The average molecular weight is 361 g/mol. The zero-order valence-electron chi connectivity index (χ0n) is 14.2. The number of fused-ring (bicyclic) bond motifs is 1. The molecule has 134 valence electrons. The molecule has 1 N–H and O–H groups in total. The van der Waals surface area contributed by atoms with E-state index in [0.29, 0.717) is 22.3 Å². The molecular formula is C18H15N7O2. The minimum Gasteiger partial charge on any atom is -0.324 e. The Bertz CT molecular complexity index is 1150. The molecule has 0 saturated heterocycles. The lowest BCUT2D eigenvalue weighted by atomic mass is 10.2. The van der Waals surface area contributed by atoms with Crippen molar-refractivity contribution in [2.24, 2.45) is 0 Å². The fourth-order valence-corrected chi connectivity index (χ4v) is 2.70. The Morgan fingerprint density at radius 1 is 1.07 bits per heavy atom. The van der Waals surface area contributed by atoms with Crippen LogP contribution in [0.15, 0.2) is 66.0 Å². The van der Waals surface area contributed by atoms with Gasteiger partial charge in [-0.25, -0.2) is 14.3 Å². The molecule has 0 aliphatic carbocycles. The van der Waals surface area contributed by atoms with Crippen LogP contribution in [0.4, 0.5) is 5.69 Å². The number of para-hydroxylation sites is 2. The van der Waals surface area contributed by atoms with Crippen molar-refractivity contribution in [3.05, 3.63) is 71.5 Å². The largest absolute Gasteiger partial charge is 0.324 e. The van der Waals surface area contributed by atoms with Crippen LogP contribution in [-0.2, 0) is 11.3 Å². The smallest absolute Gasteiger partial charge is 0.277 e. The van der Waals surface area contributed by atoms with Gasteiger partial charge in [-0.1, -0.05) is 29.5 Å². The van der Waals surface area contributed by atoms with E-state index in [4.69, 9.17) is 0 Å². The van der Waals surface area contributed by atoms with E-state index in [1.807, 2.05) is 18.2 Å². The van der Waals surface area contributed by atoms with Crippen molar-refractivity contribution in [2.45, 2.75) is 13.0 Å². The van der Waals surface area contributed by atoms with Gasteiger partial charge < -0.3 is 5.32 Å². The summed E-state index contributed by atoms with van der Waals surface area (Å²) in [5.74, 6) is -0.246. The van der Waals surface area contributed by atoms with E-state index in [1.165, 1.54) is 11.0 Å². The molecule has 9 heteroatoms. The van der Waals surface area contributed by atoms with E-state index in [2.05, 4.69) is 25.7 Å². The summed E-state index contributed by atoms with van der Waals surface area (Å²) in [7, 11) is 0. The van der Waals surface area contributed by atoms with E-state index in [9.17, 15) is 9.59 Å². The highest BCUT2D eigenvalue weighted by molar-refractivity contribution is 5.92. The maximum absolute atomic E-state index is 12.4. The number of anilines is 1. The highest BCUT2D eigenvalue weighted by Gasteiger charge is 2.11. The van der Waals surface area contributed by atoms with Gasteiger partial charge in [-0.2, -0.15) is 5.10 Å². The van der Waals surface area contributed by atoms with Gasteiger partial charge in [0, 0.05) is 6.42 Å². The molecule has 0 atom stereocenters. The maximum Gasteiger partial charge on any atom is 0.277 e. The van der Waals surface area contributed by atoms with Crippen LogP contribution in [0.5, 0.6) is 0 Å². The summed E-state index contributed by atoms with van der Waals surface area (Å²) < 4.78 is 2.76. The van der Waals surface area contributed by atoms with Crippen LogP contribution in [0.1, 0.15) is 6.42 Å². The zero-order valence-corrected chi connectivity index (χ0v) is 14.2. The van der Waals surface area contributed by atoms with E-state index in [0.717, 1.165) is 0 Å². The maximum atomic E-state index is 12.4. The molecular weight excluding hydrogens is 346 g/mol. The summed E-state index contributed by atoms with van der Waals surface area (Å²) in [4.78, 5) is 28.7. The summed E-state index contributed by atoms with van der Waals surface area (Å²) in [6, 6.07) is 14.2. The number of nitrogens with zero attached hydrogens (tertiary/aromatic N) is 6. The van der Waals surface area contributed by atoms with Crippen molar-refractivity contribution in [1.29, 1.82) is 0 Å². The molecule has 0 radical (unpaired) electrons. The van der Waals surface area contributed by atoms with Gasteiger partial charge >= 0.3 is 0 Å². The van der Waals surface area contributed by atoms with Gasteiger partial charge in [0.25, 0.3) is 5.56 Å². The van der Waals surface area contributed by atoms with Crippen LogP contribution >= 0.6 is 0 Å². The van der Waals surface area contributed by atoms with E-state index < -0.39 is 0 Å². The van der Waals surface area contributed by atoms with Gasteiger partial charge in [-0.3, -0.25) is 9.59 Å². The molecule has 2 aromatic carbocycles. The summed E-state index contributed by atoms with van der Waals surface area (Å²) in [5, 5.41) is 15.3. The van der Waals surface area contributed by atoms with Crippen LogP contribution in [0.2, 0.25) is 0 Å². The molecule has 4 aromatic rings. The number of amides is 1. The molecule has 2 aromatic heterocycles. The van der Waals surface area contributed by atoms with Crippen LogP contribution in [0, 0.1) is 0 Å². The van der Waals surface area contributed by atoms with Crippen molar-refractivity contribution in [2.75, 3.05) is 5.32 Å². The Morgan fingerprint density at radius 2 is 1.89 bits per heavy atom. The highest BCUT2D eigenvalue weighted by Crippen LogP contribution is 2.18. The standard InChI is InChI=1S/C18H15N7O2/c26-17(21-15-7-3-4-8-16(15)25-12-19-11-20-25)9-10-24-18(27)13-5-1-2-6-14(13)22-23-24/h1-8,11-12H,9-10H2,(H,21,26). The molecule has 27 heavy (non-hydrogen) atoms. The molecule has 4 rings (SSSR count). The van der Waals surface area contributed by atoms with Crippen LogP contribution < -0.4 is 10.9 Å². The molecule has 0 saturated carbocycles. The minimum atomic E-state index is -0.267. The molecule has 2 heterocycles. The third kappa shape index (κ3) is 3.43. The number of rotatable bonds is 5. The summed E-state index contributed by atoms with van der Waals surface area (Å²) in [5.41, 5.74) is 1.57. The van der Waals surface area contributed by atoms with Gasteiger partial charge in [0.2, 0.25) is 5.91 Å². The number of hydrogen-bond donors (Lipinski definition) is 1. The Balaban J connectivity index is 1.49. The molecule has 0 aliphatic rings. The lowest BCUT2D eigenvalue weighted by molar-refractivity contribution is -0.116. The summed E-state index contributed by atoms with van der Waals surface area (Å²) >= 11 is 0. The van der Waals surface area contributed by atoms with Gasteiger partial charge in [0.15, 0.2) is 0 Å². The Kier molecular flexibility index (Phi) is 4.40. The zero-order chi connectivity index (χ0) is 18.6. The number of aryl methyl sites for hydroxylation is 1. The van der Waals surface area contributed by atoms with Crippen molar-refractivity contribution in [3.63, 3.8) is 0 Å². The SMILES string of the molecule is O=C(CCn1nnc2ccccc2c1=O)Nc1ccccc1-n1cncn1. The number of carbonyl (C=O) groups is 1. The molecule has 0 unspecified atom stereocenters. The lowest BCUT2D eigenvalue weighted by Crippen LogP contribution is -2.26. The lowest BCUT2D eigenvalue weighted by Gasteiger charge is -2.11. The molecule has 0 aliphatic heterocycles. The van der Waals surface area contributed by atoms with E-state index >= 15 is 0 Å². The van der Waals surface area contributed by atoms with Crippen LogP contribution in [0.3, 0.4) is 0 Å². The second-order valence-electron chi connectivity index (χ2n) is 5.79. The van der Waals surface area contributed by atoms with E-state index in [1.54, 1.807) is 41.3 Å². The second-order valence-corrected chi connectivity index (χ2v) is 5.79. The first-order valence-corrected chi connectivity index (χ1v) is 8.29. The fraction of sp³-hybridized carbons (Fsp3) is 0.111. The van der Waals surface area contributed by atoms with Gasteiger partial charge in [0.05, 0.1) is 23.3 Å². The topological polar surface area (TPSA) is 108 Å². The number of carbonyl (C=O) groups excluding carboxylic acids is 1. The van der Waals surface area contributed by atoms with Crippen molar-refractivity contribution < 1.29 is 4.79 Å². The molecule has 9 nitrogen and oxygen atoms in total. The van der Waals surface area contributed by atoms with Crippen LogP contribution in [0.25, 0.3) is 16.6 Å². The molecule has 0 fully saturated rings. The van der Waals surface area contributed by atoms with Gasteiger partial charge in [-0.05, 0) is 24.3 Å². The normalized spacial score (nSPS) is 10.8. The van der Waals surface area contributed by atoms with Crippen molar-refractivity contribution in [3.8, 4) is 5.69 Å². The van der Waals surface area contributed by atoms with Crippen LogP contribution in [-0.4, -0.2) is 35.7 Å². The highest BCUT2D eigenvalue weighted by atomic mass is 16.2. The average Bonchev–Trinajstić information content (AvgIpc) is 3.23. The first-order chi connectivity index (χ1) is 13.2. The Hall–Kier alpha value is -3.88. The Morgan fingerprint density at radius 3 is 2.74 bits per heavy atom. The predicted octanol–water partition coefficient (Wildman–Crippen LogP) is 1.40. The monoisotopic (exact) mass is 361 g/mol. The van der Waals surface area contributed by atoms with E-state index in [-0.39, 0.29) is 24.4 Å². The number of nitrogens with one attached hydrogen (secondary N) is 1. The Labute approximate surface area is 153 Å². The van der Waals surface area contributed by atoms with Crippen molar-refractivity contribution >= 4 is 22.5 Å². The third-order valence-corrected chi connectivity index (χ3v) is 4.02. The number of aromatic nitrogens is 6. The fourth-order valence-electron chi connectivity index (χ4n) is 2.70. The molecule has 0 bridgehead atoms. The second kappa shape index (κ2) is 7.16. The number of benzene rings is 2. The predicted molar refractivity (Wildman–Crippen MR) is 98.4 cm³/mol. The van der Waals surface area contributed by atoms with Gasteiger partial charge in [0.1, 0.15) is 18.2 Å². The first kappa shape index (κ1) is 16.6. The minimum absolute atomic E-state index is 0.0820. The van der Waals surface area contributed by atoms with Gasteiger partial charge in [-0.15, -0.1) is 5.10 Å². The quantitative estimate of drug-likeness (QED) is 0.576. The van der Waals surface area contributed by atoms with Crippen molar-refractivity contribution in [1.82, 2.24) is 29.8 Å². The number of hydrogen-bond acceptors (Lipinski definition) is 6.